The zero-order valence-corrected chi connectivity index (χ0v) is 15.6. The van der Waals surface area contributed by atoms with Crippen LogP contribution in [0, 0.1) is 5.82 Å². The maximum Gasteiger partial charge on any atom is 0.251 e. The molecular weight excluding hydrogens is 355 g/mol. The zero-order chi connectivity index (χ0) is 19.2. The Balaban J connectivity index is 1.92. The van der Waals surface area contributed by atoms with Crippen LogP contribution in [0.25, 0.3) is 0 Å². The van der Waals surface area contributed by atoms with Crippen LogP contribution in [0.15, 0.2) is 53.4 Å². The van der Waals surface area contributed by atoms with Gasteiger partial charge in [0.1, 0.15) is 5.82 Å². The van der Waals surface area contributed by atoms with Crippen molar-refractivity contribution in [2.75, 3.05) is 6.54 Å². The Bertz CT molecular complexity index is 834. The number of hydrogen-bond acceptors (Lipinski definition) is 3. The average molecular weight is 378 g/mol. The minimum atomic E-state index is -3.58. The van der Waals surface area contributed by atoms with E-state index >= 15 is 0 Å². The second-order valence-corrected chi connectivity index (χ2v) is 7.80. The predicted octanol–water partition coefficient (Wildman–Crippen LogP) is 2.88. The summed E-state index contributed by atoms with van der Waals surface area (Å²) in [5.41, 5.74) is 1.30. The number of rotatable bonds is 8. The molecule has 7 heteroatoms. The summed E-state index contributed by atoms with van der Waals surface area (Å²) in [6, 6.07) is 11.7. The standard InChI is InChI=1S/C19H23FN2O3S/c1-3-14(2)22-26(24,25)18-10-6-16(7-11-18)19(23)21-13-12-15-4-8-17(20)9-5-15/h4-11,14,22H,3,12-13H2,1-2H3,(H,21,23)/t14-/m0/s1. The van der Waals surface area contributed by atoms with E-state index in [-0.39, 0.29) is 22.7 Å². The summed E-state index contributed by atoms with van der Waals surface area (Å²) in [6.07, 6.45) is 1.27. The zero-order valence-electron chi connectivity index (χ0n) is 14.8. The van der Waals surface area contributed by atoms with E-state index in [2.05, 4.69) is 10.0 Å². The lowest BCUT2D eigenvalue weighted by Gasteiger charge is -2.12. The first-order valence-electron chi connectivity index (χ1n) is 8.47. The third kappa shape index (κ3) is 5.64. The van der Waals surface area contributed by atoms with Crippen LogP contribution in [0.1, 0.15) is 36.2 Å². The first-order valence-corrected chi connectivity index (χ1v) is 9.95. The van der Waals surface area contributed by atoms with Gasteiger partial charge in [0.25, 0.3) is 5.91 Å². The van der Waals surface area contributed by atoms with E-state index in [1.165, 1.54) is 36.4 Å². The normalized spacial score (nSPS) is 12.6. The Labute approximate surface area is 153 Å². The van der Waals surface area contributed by atoms with Crippen LogP contribution >= 0.6 is 0 Å². The van der Waals surface area contributed by atoms with Gasteiger partial charge in [0.05, 0.1) is 4.90 Å². The molecule has 0 fully saturated rings. The fraction of sp³-hybridized carbons (Fsp3) is 0.316. The van der Waals surface area contributed by atoms with Crippen molar-refractivity contribution in [2.45, 2.75) is 37.6 Å². The van der Waals surface area contributed by atoms with Crippen molar-refractivity contribution in [3.8, 4) is 0 Å². The molecule has 2 aromatic carbocycles. The molecule has 0 unspecified atom stereocenters. The molecule has 140 valence electrons. The van der Waals surface area contributed by atoms with Gasteiger partial charge in [0, 0.05) is 18.2 Å². The molecule has 26 heavy (non-hydrogen) atoms. The molecule has 0 saturated carbocycles. The van der Waals surface area contributed by atoms with Crippen LogP contribution in [-0.2, 0) is 16.4 Å². The minimum Gasteiger partial charge on any atom is -0.352 e. The van der Waals surface area contributed by atoms with Gasteiger partial charge in [-0.25, -0.2) is 17.5 Å². The molecule has 0 saturated heterocycles. The van der Waals surface area contributed by atoms with Crippen molar-refractivity contribution >= 4 is 15.9 Å². The molecule has 1 atom stereocenters. The van der Waals surface area contributed by atoms with Crippen molar-refractivity contribution in [1.82, 2.24) is 10.0 Å². The summed E-state index contributed by atoms with van der Waals surface area (Å²) in [5, 5.41) is 2.76. The molecule has 0 heterocycles. The predicted molar refractivity (Wildman–Crippen MR) is 99.0 cm³/mol. The third-order valence-electron chi connectivity index (χ3n) is 4.01. The molecule has 0 aliphatic carbocycles. The van der Waals surface area contributed by atoms with Crippen molar-refractivity contribution in [3.05, 3.63) is 65.5 Å². The average Bonchev–Trinajstić information content (AvgIpc) is 2.63. The third-order valence-corrected chi connectivity index (χ3v) is 5.61. The number of hydrogen-bond donors (Lipinski definition) is 2. The quantitative estimate of drug-likeness (QED) is 0.742. The first-order chi connectivity index (χ1) is 12.3. The molecule has 0 radical (unpaired) electrons. The van der Waals surface area contributed by atoms with E-state index in [1.807, 2.05) is 6.92 Å². The van der Waals surface area contributed by atoms with Crippen LogP contribution in [0.4, 0.5) is 4.39 Å². The molecule has 1 amide bonds. The van der Waals surface area contributed by atoms with E-state index in [9.17, 15) is 17.6 Å². The maximum absolute atomic E-state index is 12.8. The number of carbonyl (C=O) groups excluding carboxylic acids is 1. The van der Waals surface area contributed by atoms with Crippen LogP contribution in [0.3, 0.4) is 0 Å². The number of amides is 1. The lowest BCUT2D eigenvalue weighted by molar-refractivity contribution is 0.0954. The van der Waals surface area contributed by atoms with Crippen molar-refractivity contribution in [2.24, 2.45) is 0 Å². The van der Waals surface area contributed by atoms with Gasteiger partial charge in [-0.15, -0.1) is 0 Å². The van der Waals surface area contributed by atoms with Crippen LogP contribution in [-0.4, -0.2) is 26.9 Å². The Morgan fingerprint density at radius 2 is 1.69 bits per heavy atom. The fourth-order valence-electron chi connectivity index (χ4n) is 2.28. The lowest BCUT2D eigenvalue weighted by atomic mass is 10.1. The SMILES string of the molecule is CC[C@H](C)NS(=O)(=O)c1ccc(C(=O)NCCc2ccc(F)cc2)cc1. The van der Waals surface area contributed by atoms with E-state index in [4.69, 9.17) is 0 Å². The molecule has 2 aromatic rings. The molecule has 0 bridgehead atoms. The molecule has 2 N–H and O–H groups in total. The summed E-state index contributed by atoms with van der Waals surface area (Å²) < 4.78 is 39.8. The summed E-state index contributed by atoms with van der Waals surface area (Å²) in [5.74, 6) is -0.582. The Morgan fingerprint density at radius 3 is 2.27 bits per heavy atom. The van der Waals surface area contributed by atoms with Gasteiger partial charge in [-0.05, 0) is 61.7 Å². The van der Waals surface area contributed by atoms with Crippen molar-refractivity contribution in [3.63, 3.8) is 0 Å². The molecular formula is C19H23FN2O3S. The largest absolute Gasteiger partial charge is 0.352 e. The second kappa shape index (κ2) is 8.91. The number of nitrogens with one attached hydrogen (secondary N) is 2. The Morgan fingerprint density at radius 1 is 1.08 bits per heavy atom. The summed E-state index contributed by atoms with van der Waals surface area (Å²) in [7, 11) is -3.58. The van der Waals surface area contributed by atoms with E-state index in [1.54, 1.807) is 19.1 Å². The molecule has 0 aromatic heterocycles. The van der Waals surface area contributed by atoms with Crippen molar-refractivity contribution < 1.29 is 17.6 Å². The monoisotopic (exact) mass is 378 g/mol. The Hall–Kier alpha value is -2.25. The number of carbonyl (C=O) groups is 1. The smallest absolute Gasteiger partial charge is 0.251 e. The van der Waals surface area contributed by atoms with Crippen molar-refractivity contribution in [1.29, 1.82) is 0 Å². The summed E-state index contributed by atoms with van der Waals surface area (Å²) in [6.45, 7) is 4.09. The highest BCUT2D eigenvalue weighted by atomic mass is 32.2. The van der Waals surface area contributed by atoms with Gasteiger partial charge in [-0.3, -0.25) is 4.79 Å². The van der Waals surface area contributed by atoms with Gasteiger partial charge in [0.15, 0.2) is 0 Å². The van der Waals surface area contributed by atoms with E-state index < -0.39 is 10.0 Å². The highest BCUT2D eigenvalue weighted by molar-refractivity contribution is 7.89. The number of sulfonamides is 1. The summed E-state index contributed by atoms with van der Waals surface area (Å²) >= 11 is 0. The van der Waals surface area contributed by atoms with Gasteiger partial charge >= 0.3 is 0 Å². The molecule has 2 rings (SSSR count). The van der Waals surface area contributed by atoms with Gasteiger partial charge in [0.2, 0.25) is 10.0 Å². The van der Waals surface area contributed by atoms with E-state index in [0.29, 0.717) is 24.9 Å². The van der Waals surface area contributed by atoms with Crippen LogP contribution in [0.5, 0.6) is 0 Å². The van der Waals surface area contributed by atoms with Gasteiger partial charge in [-0.2, -0.15) is 0 Å². The molecule has 0 aliphatic rings. The van der Waals surface area contributed by atoms with Crippen LogP contribution in [0.2, 0.25) is 0 Å². The number of benzene rings is 2. The maximum atomic E-state index is 12.8. The minimum absolute atomic E-state index is 0.126. The van der Waals surface area contributed by atoms with Crippen LogP contribution < -0.4 is 10.0 Å². The highest BCUT2D eigenvalue weighted by Gasteiger charge is 2.17. The fourth-order valence-corrected chi connectivity index (χ4v) is 3.60. The molecule has 5 nitrogen and oxygen atoms in total. The van der Waals surface area contributed by atoms with E-state index in [0.717, 1.165) is 5.56 Å². The summed E-state index contributed by atoms with van der Waals surface area (Å²) in [4.78, 5) is 12.3. The highest BCUT2D eigenvalue weighted by Crippen LogP contribution is 2.12. The Kier molecular flexibility index (Phi) is 6.88. The molecule has 0 spiro atoms. The molecule has 0 aliphatic heterocycles. The van der Waals surface area contributed by atoms with Gasteiger partial charge in [-0.1, -0.05) is 19.1 Å². The van der Waals surface area contributed by atoms with Gasteiger partial charge < -0.3 is 5.32 Å². The topological polar surface area (TPSA) is 75.3 Å². The lowest BCUT2D eigenvalue weighted by Crippen LogP contribution is -2.32. The second-order valence-electron chi connectivity index (χ2n) is 6.09. The first kappa shape index (κ1) is 20.1. The number of halogens is 1.